The minimum absolute atomic E-state index is 0.0593. The number of imidazole rings is 1. The summed E-state index contributed by atoms with van der Waals surface area (Å²) in [4.78, 5) is 29.7. The van der Waals surface area contributed by atoms with Gasteiger partial charge in [0, 0.05) is 32.3 Å². The second kappa shape index (κ2) is 10.8. The third-order valence-electron chi connectivity index (χ3n) is 11.9. The van der Waals surface area contributed by atoms with Crippen molar-refractivity contribution < 1.29 is 4.57 Å². The van der Waals surface area contributed by atoms with Gasteiger partial charge in [0.1, 0.15) is 5.52 Å². The van der Waals surface area contributed by atoms with E-state index in [0.29, 0.717) is 27.1 Å². The van der Waals surface area contributed by atoms with E-state index in [-0.39, 0.29) is 21.7 Å². The molecule has 0 N–H and O–H groups in total. The van der Waals surface area contributed by atoms with E-state index in [1.807, 2.05) is 24.3 Å². The Kier molecular flexibility index (Phi) is 6.49. The van der Waals surface area contributed by atoms with Crippen LogP contribution < -0.4 is 15.4 Å². The molecule has 0 saturated carbocycles. The van der Waals surface area contributed by atoms with Crippen LogP contribution >= 0.6 is 0 Å². The molecule has 6 aromatic carbocycles. The van der Waals surface area contributed by atoms with Gasteiger partial charge in [0.2, 0.25) is 0 Å². The van der Waals surface area contributed by atoms with Crippen molar-refractivity contribution in [1.29, 1.82) is 0 Å². The first kappa shape index (κ1) is 32.6. The van der Waals surface area contributed by atoms with Crippen molar-refractivity contribution in [2.24, 2.45) is 7.05 Å². The zero-order chi connectivity index (χ0) is 37.6. The normalized spacial score (nSPS) is 13.0. The molecule has 5 heteroatoms. The molecule has 0 aliphatic rings. The molecular formula is C49H42N3O2+. The predicted molar refractivity (Wildman–Crippen MR) is 226 cm³/mol. The standard InChI is InChI=1S/C49H42N3O2/c1-27-17-20-31(43-32-13-9-10-14-37(32)52-39-16-12-11-15-38(39)50(8)47(52)42(27)43)28-23-35-44-36(24-28)46(54)34-22-19-30(49(5,6)7)26-41(34)51(44)40-25-29(48(2,3)4)18-21-33(40)45(35)53/h9-26H,1-8H3/q+1. The van der Waals surface area contributed by atoms with E-state index in [9.17, 15) is 9.59 Å². The molecule has 10 aromatic rings. The maximum Gasteiger partial charge on any atom is 0.295 e. The van der Waals surface area contributed by atoms with Crippen LogP contribution in [0.4, 0.5) is 0 Å². The molecule has 54 heavy (non-hydrogen) atoms. The highest BCUT2D eigenvalue weighted by atomic mass is 16.1. The lowest BCUT2D eigenvalue weighted by Crippen LogP contribution is -2.27. The van der Waals surface area contributed by atoms with Gasteiger partial charge in [-0.05, 0) is 100 Å². The topological polar surface area (TPSA) is 46.8 Å². The minimum Gasteiger partial charge on any atom is -0.307 e. The summed E-state index contributed by atoms with van der Waals surface area (Å²) in [6.45, 7) is 15.3. The van der Waals surface area contributed by atoms with Crippen LogP contribution in [0.5, 0.6) is 0 Å². The Morgan fingerprint density at radius 1 is 0.519 bits per heavy atom. The zero-order valence-electron chi connectivity index (χ0n) is 32.1. The minimum atomic E-state index is -0.129. The average Bonchev–Trinajstić information content (AvgIpc) is 3.45. The lowest BCUT2D eigenvalue weighted by molar-refractivity contribution is -0.617. The molecule has 4 aromatic heterocycles. The van der Waals surface area contributed by atoms with E-state index in [2.05, 4.69) is 154 Å². The first-order valence-electron chi connectivity index (χ1n) is 18.8. The van der Waals surface area contributed by atoms with Gasteiger partial charge in [0.05, 0.1) is 29.0 Å². The number of para-hydroxylation sites is 3. The zero-order valence-corrected chi connectivity index (χ0v) is 32.1. The van der Waals surface area contributed by atoms with E-state index >= 15 is 0 Å². The van der Waals surface area contributed by atoms with Gasteiger partial charge in [-0.1, -0.05) is 96.1 Å². The number of hydrogen-bond donors (Lipinski definition) is 0. The molecule has 0 saturated heterocycles. The van der Waals surface area contributed by atoms with Crippen molar-refractivity contribution in [2.75, 3.05) is 0 Å². The van der Waals surface area contributed by atoms with E-state index in [0.717, 1.165) is 77.2 Å². The van der Waals surface area contributed by atoms with Crippen LogP contribution in [0.15, 0.2) is 119 Å². The Morgan fingerprint density at radius 3 is 1.67 bits per heavy atom. The largest absolute Gasteiger partial charge is 0.307 e. The summed E-state index contributed by atoms with van der Waals surface area (Å²) in [5.41, 5.74) is 11.7. The highest BCUT2D eigenvalue weighted by molar-refractivity contribution is 6.20. The summed E-state index contributed by atoms with van der Waals surface area (Å²) in [5, 5.41) is 5.77. The van der Waals surface area contributed by atoms with Crippen molar-refractivity contribution in [1.82, 2.24) is 8.80 Å². The van der Waals surface area contributed by atoms with Crippen molar-refractivity contribution in [2.45, 2.75) is 59.3 Å². The van der Waals surface area contributed by atoms with Gasteiger partial charge in [-0.3, -0.25) is 9.59 Å². The highest BCUT2D eigenvalue weighted by Crippen LogP contribution is 2.41. The molecule has 5 nitrogen and oxygen atoms in total. The van der Waals surface area contributed by atoms with Gasteiger partial charge < -0.3 is 4.40 Å². The number of aryl methyl sites for hydroxylation is 2. The molecule has 0 bridgehead atoms. The van der Waals surface area contributed by atoms with Gasteiger partial charge in [0.25, 0.3) is 5.65 Å². The quantitative estimate of drug-likeness (QED) is 0.0970. The lowest BCUT2D eigenvalue weighted by atomic mass is 9.85. The van der Waals surface area contributed by atoms with Crippen LogP contribution in [0, 0.1) is 6.92 Å². The fourth-order valence-corrected chi connectivity index (χ4v) is 9.02. The first-order chi connectivity index (χ1) is 25.7. The molecule has 10 rings (SSSR count). The van der Waals surface area contributed by atoms with Gasteiger partial charge in [-0.2, -0.15) is 4.40 Å². The van der Waals surface area contributed by atoms with Crippen LogP contribution in [-0.4, -0.2) is 8.80 Å². The average molecular weight is 705 g/mol. The van der Waals surface area contributed by atoms with Gasteiger partial charge in [-0.25, -0.2) is 4.57 Å². The molecule has 0 spiro atoms. The molecule has 264 valence electrons. The molecule has 0 aliphatic carbocycles. The third kappa shape index (κ3) is 4.29. The summed E-state index contributed by atoms with van der Waals surface area (Å²) in [6.07, 6.45) is 0. The summed E-state index contributed by atoms with van der Waals surface area (Å²) in [5.74, 6) is 0. The number of rotatable bonds is 1. The van der Waals surface area contributed by atoms with Crippen molar-refractivity contribution >= 4 is 76.5 Å². The van der Waals surface area contributed by atoms with E-state index in [4.69, 9.17) is 0 Å². The van der Waals surface area contributed by atoms with Crippen molar-refractivity contribution in [3.8, 4) is 11.1 Å². The summed E-state index contributed by atoms with van der Waals surface area (Å²) in [6, 6.07) is 38.0. The summed E-state index contributed by atoms with van der Waals surface area (Å²) >= 11 is 0. The SMILES string of the molecule is Cc1ccc(-c2cc3c(=O)c4ccc(C(C)(C)C)cc4n4c5cc(C(C)(C)C)ccc5c(=O)c(c2)c34)c2c3ccccc3n3c4ccccc4[n+](C)c3c12. The van der Waals surface area contributed by atoms with E-state index in [1.54, 1.807) is 0 Å². The highest BCUT2D eigenvalue weighted by Gasteiger charge is 2.27. The molecule has 0 aliphatic heterocycles. The molecule has 0 fully saturated rings. The molecule has 0 atom stereocenters. The van der Waals surface area contributed by atoms with Gasteiger partial charge in [-0.15, -0.1) is 0 Å². The lowest BCUT2D eigenvalue weighted by Gasteiger charge is -2.23. The Bertz CT molecular complexity index is 3290. The molecule has 0 radical (unpaired) electrons. The van der Waals surface area contributed by atoms with Crippen LogP contribution in [0.2, 0.25) is 0 Å². The number of fused-ring (bicyclic) bond motifs is 12. The second-order valence-corrected chi connectivity index (χ2v) is 17.3. The number of hydrogen-bond acceptors (Lipinski definition) is 2. The number of aromatic nitrogens is 3. The Labute approximate surface area is 312 Å². The molecule has 0 amide bonds. The molecule has 0 unspecified atom stereocenters. The summed E-state index contributed by atoms with van der Waals surface area (Å²) < 4.78 is 6.86. The fourth-order valence-electron chi connectivity index (χ4n) is 9.02. The van der Waals surface area contributed by atoms with Crippen LogP contribution in [0.25, 0.3) is 87.6 Å². The maximum atomic E-state index is 14.8. The number of pyridine rings is 3. The van der Waals surface area contributed by atoms with Crippen LogP contribution in [0.1, 0.15) is 58.2 Å². The number of benzene rings is 6. The van der Waals surface area contributed by atoms with Crippen LogP contribution in [0.3, 0.4) is 0 Å². The van der Waals surface area contributed by atoms with Gasteiger partial charge in [0.15, 0.2) is 21.9 Å². The van der Waals surface area contributed by atoms with Crippen molar-refractivity contribution in [3.05, 3.63) is 146 Å². The molecular weight excluding hydrogens is 663 g/mol. The Morgan fingerprint density at radius 2 is 1.07 bits per heavy atom. The van der Waals surface area contributed by atoms with Crippen LogP contribution in [-0.2, 0) is 17.9 Å². The van der Waals surface area contributed by atoms with Gasteiger partial charge >= 0.3 is 0 Å². The third-order valence-corrected chi connectivity index (χ3v) is 11.9. The smallest absolute Gasteiger partial charge is 0.295 e. The van der Waals surface area contributed by atoms with E-state index in [1.165, 1.54) is 0 Å². The first-order valence-corrected chi connectivity index (χ1v) is 18.8. The van der Waals surface area contributed by atoms with Crippen molar-refractivity contribution in [3.63, 3.8) is 0 Å². The molecule has 4 heterocycles. The number of nitrogens with zero attached hydrogens (tertiary/aromatic N) is 3. The maximum absolute atomic E-state index is 14.8. The Balaban J connectivity index is 1.42. The second-order valence-electron chi connectivity index (χ2n) is 17.3. The van der Waals surface area contributed by atoms with E-state index < -0.39 is 0 Å². The Hall–Kier alpha value is -6.07. The monoisotopic (exact) mass is 704 g/mol. The predicted octanol–water partition coefficient (Wildman–Crippen LogP) is 10.7. The fraction of sp³-hybridized carbons (Fsp3) is 0.204. The summed E-state index contributed by atoms with van der Waals surface area (Å²) in [7, 11) is 2.14.